The molecule has 0 fully saturated rings. The first-order valence-electron chi connectivity index (χ1n) is 25.2. The van der Waals surface area contributed by atoms with E-state index in [-0.39, 0.29) is 24.9 Å². The third-order valence-electron chi connectivity index (χ3n) is 11.1. The van der Waals surface area contributed by atoms with Crippen LogP contribution in [0, 0.1) is 0 Å². The Bertz CT molecular complexity index is 1120. The normalized spacial score (nSPS) is 13.9. The van der Waals surface area contributed by atoms with Gasteiger partial charge in [-0.3, -0.25) is 9.59 Å². The minimum absolute atomic E-state index is 0.0453. The van der Waals surface area contributed by atoms with Crippen molar-refractivity contribution in [3.05, 3.63) is 72.9 Å². The van der Waals surface area contributed by atoms with Crippen molar-refractivity contribution in [3.8, 4) is 0 Å². The van der Waals surface area contributed by atoms with Crippen LogP contribution >= 0.6 is 0 Å². The molecule has 0 aliphatic carbocycles. The van der Waals surface area contributed by atoms with Gasteiger partial charge in [-0.25, -0.2) is 0 Å². The van der Waals surface area contributed by atoms with Crippen molar-refractivity contribution in [2.24, 2.45) is 0 Å². The van der Waals surface area contributed by atoms with E-state index in [0.717, 1.165) is 89.9 Å². The second-order valence-electron chi connectivity index (χ2n) is 17.0. The average molecular weight is 838 g/mol. The first-order chi connectivity index (χ1) is 29.5. The van der Waals surface area contributed by atoms with Crippen molar-refractivity contribution in [3.63, 3.8) is 0 Å². The number of hydrogen-bond acceptors (Lipinski definition) is 5. The van der Waals surface area contributed by atoms with Crippen LogP contribution in [-0.4, -0.2) is 46.9 Å². The van der Waals surface area contributed by atoms with Crippen LogP contribution in [0.4, 0.5) is 0 Å². The summed E-state index contributed by atoms with van der Waals surface area (Å²) in [5.74, 6) is -0.543. The number of esters is 1. The maximum Gasteiger partial charge on any atom is 0.306 e. The summed E-state index contributed by atoms with van der Waals surface area (Å²) in [4.78, 5) is 26.1. The quantitative estimate of drug-likeness (QED) is 0.0323. The highest BCUT2D eigenvalue weighted by Crippen LogP contribution is 2.17. The highest BCUT2D eigenvalue weighted by Gasteiger charge is 2.24. The van der Waals surface area contributed by atoms with Gasteiger partial charge in [0.05, 0.1) is 25.2 Å². The van der Waals surface area contributed by atoms with Crippen LogP contribution in [0.15, 0.2) is 72.9 Å². The molecule has 0 aliphatic rings. The van der Waals surface area contributed by atoms with Crippen LogP contribution in [-0.2, 0) is 14.3 Å². The molecule has 0 spiro atoms. The van der Waals surface area contributed by atoms with Crippen LogP contribution in [0.3, 0.4) is 0 Å². The molecule has 0 bridgehead atoms. The van der Waals surface area contributed by atoms with E-state index in [9.17, 15) is 19.8 Å². The number of allylic oxidation sites excluding steroid dienone is 12. The highest BCUT2D eigenvalue weighted by atomic mass is 16.5. The molecule has 346 valence electrons. The highest BCUT2D eigenvalue weighted by molar-refractivity contribution is 5.77. The van der Waals surface area contributed by atoms with Gasteiger partial charge in [0.1, 0.15) is 6.10 Å². The molecular weight excluding hydrogens is 743 g/mol. The number of ether oxygens (including phenoxy) is 1. The Kier molecular flexibility index (Phi) is 45.2. The largest absolute Gasteiger partial charge is 0.462 e. The fourth-order valence-corrected chi connectivity index (χ4v) is 7.31. The van der Waals surface area contributed by atoms with Crippen LogP contribution in [0.1, 0.15) is 233 Å². The Morgan fingerprint density at radius 1 is 0.500 bits per heavy atom. The summed E-state index contributed by atoms with van der Waals surface area (Å²) in [6.45, 7) is 6.30. The van der Waals surface area contributed by atoms with E-state index in [4.69, 9.17) is 4.74 Å². The zero-order valence-electron chi connectivity index (χ0n) is 39.3. The van der Waals surface area contributed by atoms with E-state index in [1.165, 1.54) is 96.3 Å². The van der Waals surface area contributed by atoms with Gasteiger partial charge in [0.2, 0.25) is 5.91 Å². The van der Waals surface area contributed by atoms with Crippen molar-refractivity contribution in [2.45, 2.75) is 251 Å². The second-order valence-corrected chi connectivity index (χ2v) is 17.0. The molecule has 3 unspecified atom stereocenters. The Hall–Kier alpha value is -2.70. The minimum Gasteiger partial charge on any atom is -0.462 e. The maximum absolute atomic E-state index is 13.2. The molecule has 0 heterocycles. The third kappa shape index (κ3) is 42.0. The fourth-order valence-electron chi connectivity index (χ4n) is 7.31. The Labute approximate surface area is 371 Å². The number of hydrogen-bond donors (Lipinski definition) is 3. The number of unbranched alkanes of at least 4 members (excludes halogenated alkanes) is 24. The molecule has 1 amide bonds. The fraction of sp³-hybridized carbons (Fsp3) is 0.741. The van der Waals surface area contributed by atoms with Gasteiger partial charge in [-0.1, -0.05) is 222 Å². The monoisotopic (exact) mass is 838 g/mol. The standard InChI is InChI=1S/C54H95NO5/c1-4-7-10-13-16-19-22-25-26-29-31-34-37-40-43-46-52(57)51(49-56)55-53(58)48-50(45-42-39-36-33-30-27-23-20-17-14-11-8-5-2)60-54(59)47-44-41-38-35-32-28-24-21-18-15-12-9-6-3/h9,12,15,17-18,20-21,23-24,27-28,32,50-52,56-57H,4-8,10-11,13-14,16,19,22,25-26,29-31,33-49H2,1-3H3,(H,55,58)/b12-9+,18-15+,20-17+,24-21-,27-23+,32-28-. The Balaban J connectivity index is 4.64. The molecule has 6 heteroatoms. The predicted octanol–water partition coefficient (Wildman–Crippen LogP) is 15.0. The number of rotatable bonds is 44. The average Bonchev–Trinajstić information content (AvgIpc) is 3.24. The summed E-state index contributed by atoms with van der Waals surface area (Å²) < 4.78 is 5.89. The molecule has 0 radical (unpaired) electrons. The lowest BCUT2D eigenvalue weighted by Gasteiger charge is -2.24. The molecule has 6 nitrogen and oxygen atoms in total. The number of carbonyl (C=O) groups is 2. The summed E-state index contributed by atoms with van der Waals surface area (Å²) in [6.07, 6.45) is 59.6. The van der Waals surface area contributed by atoms with E-state index >= 15 is 0 Å². The summed E-state index contributed by atoms with van der Waals surface area (Å²) in [7, 11) is 0. The van der Waals surface area contributed by atoms with Crippen molar-refractivity contribution in [1.82, 2.24) is 5.32 Å². The van der Waals surface area contributed by atoms with Crippen molar-refractivity contribution >= 4 is 11.9 Å². The summed E-state index contributed by atoms with van der Waals surface area (Å²) in [5, 5.41) is 23.8. The molecule has 0 aliphatic heterocycles. The predicted molar refractivity (Wildman–Crippen MR) is 259 cm³/mol. The van der Waals surface area contributed by atoms with Gasteiger partial charge >= 0.3 is 5.97 Å². The third-order valence-corrected chi connectivity index (χ3v) is 11.1. The number of amides is 1. The SMILES string of the molecule is CC/C=C/C=C/C=C\C=C/CCCCCC(=O)OC(CCCCCC/C=C/C=C/CCCCC)CC(=O)NC(CO)C(O)CCCCCCCCCCCCCCCCC. The number of aliphatic hydroxyl groups is 2. The first-order valence-corrected chi connectivity index (χ1v) is 25.2. The van der Waals surface area contributed by atoms with E-state index < -0.39 is 18.2 Å². The Morgan fingerprint density at radius 3 is 1.42 bits per heavy atom. The molecular formula is C54H95NO5. The van der Waals surface area contributed by atoms with Gasteiger partial charge in [-0.05, 0) is 70.6 Å². The number of carbonyl (C=O) groups excluding carboxylic acids is 2. The minimum atomic E-state index is -0.803. The van der Waals surface area contributed by atoms with E-state index in [0.29, 0.717) is 19.3 Å². The van der Waals surface area contributed by atoms with Crippen molar-refractivity contribution in [1.29, 1.82) is 0 Å². The molecule has 0 saturated carbocycles. The van der Waals surface area contributed by atoms with Crippen molar-refractivity contribution in [2.75, 3.05) is 6.61 Å². The summed E-state index contributed by atoms with van der Waals surface area (Å²) in [5.41, 5.74) is 0. The smallest absolute Gasteiger partial charge is 0.306 e. The topological polar surface area (TPSA) is 95.9 Å². The van der Waals surface area contributed by atoms with Crippen LogP contribution < -0.4 is 5.32 Å². The van der Waals surface area contributed by atoms with Crippen LogP contribution in [0.25, 0.3) is 0 Å². The molecule has 0 aromatic carbocycles. The molecule has 0 aromatic rings. The molecule has 3 atom stereocenters. The van der Waals surface area contributed by atoms with E-state index in [2.05, 4.69) is 68.6 Å². The van der Waals surface area contributed by atoms with Gasteiger partial charge in [-0.15, -0.1) is 0 Å². The van der Waals surface area contributed by atoms with Gasteiger partial charge in [0.25, 0.3) is 0 Å². The van der Waals surface area contributed by atoms with E-state index in [1.54, 1.807) is 0 Å². The lowest BCUT2D eigenvalue weighted by molar-refractivity contribution is -0.151. The van der Waals surface area contributed by atoms with Gasteiger partial charge in [0.15, 0.2) is 0 Å². The van der Waals surface area contributed by atoms with Gasteiger partial charge < -0.3 is 20.3 Å². The summed E-state index contributed by atoms with van der Waals surface area (Å²) >= 11 is 0. The van der Waals surface area contributed by atoms with Crippen molar-refractivity contribution < 1.29 is 24.5 Å². The molecule has 3 N–H and O–H groups in total. The van der Waals surface area contributed by atoms with Gasteiger partial charge in [0, 0.05) is 6.42 Å². The maximum atomic E-state index is 13.2. The van der Waals surface area contributed by atoms with E-state index in [1.807, 2.05) is 30.4 Å². The second kappa shape index (κ2) is 47.4. The molecule has 0 rings (SSSR count). The zero-order valence-corrected chi connectivity index (χ0v) is 39.3. The van der Waals surface area contributed by atoms with Gasteiger partial charge in [-0.2, -0.15) is 0 Å². The lowest BCUT2D eigenvalue weighted by atomic mass is 10.0. The van der Waals surface area contributed by atoms with Crippen LogP contribution in [0.5, 0.6) is 0 Å². The van der Waals surface area contributed by atoms with Crippen LogP contribution in [0.2, 0.25) is 0 Å². The molecule has 0 saturated heterocycles. The lowest BCUT2D eigenvalue weighted by Crippen LogP contribution is -2.46. The summed E-state index contributed by atoms with van der Waals surface area (Å²) in [6, 6.07) is -0.719. The molecule has 60 heavy (non-hydrogen) atoms. The first kappa shape index (κ1) is 57.3. The molecule has 0 aromatic heterocycles. The Morgan fingerprint density at radius 2 is 0.900 bits per heavy atom. The zero-order chi connectivity index (χ0) is 43.8. The number of aliphatic hydroxyl groups excluding tert-OH is 2. The number of nitrogens with one attached hydrogen (secondary N) is 1.